The van der Waals surface area contributed by atoms with Crippen molar-refractivity contribution < 1.29 is 53.4 Å². The Hall–Kier alpha value is -6.36. The van der Waals surface area contributed by atoms with Crippen LogP contribution in [0.25, 0.3) is 0 Å². The Labute approximate surface area is 404 Å². The second-order valence-electron chi connectivity index (χ2n) is 18.7. The number of amides is 8. The topological polar surface area (TPSA) is 381 Å². The molecule has 0 aromatic heterocycles. The summed E-state index contributed by atoms with van der Waals surface area (Å²) in [6, 6.07) is -1.73. The molecule has 0 bridgehead atoms. The van der Waals surface area contributed by atoms with Crippen LogP contribution < -0.4 is 59.7 Å². The summed E-state index contributed by atoms with van der Waals surface area (Å²) in [5.41, 5.74) is 17.1. The summed E-state index contributed by atoms with van der Waals surface area (Å²) in [6.45, 7) is 16.0. The van der Waals surface area contributed by atoms with Crippen LogP contribution >= 0.6 is 0 Å². The third-order valence-electron chi connectivity index (χ3n) is 10.7. The number of nitrogens with one attached hydrogen (secondary N) is 8. The van der Waals surface area contributed by atoms with Crippen molar-refractivity contribution in [2.45, 2.75) is 156 Å². The van der Waals surface area contributed by atoms with Gasteiger partial charge in [0.15, 0.2) is 5.96 Å². The van der Waals surface area contributed by atoms with Crippen LogP contribution in [0.15, 0.2) is 35.3 Å². The first-order valence-corrected chi connectivity index (χ1v) is 23.3. The van der Waals surface area contributed by atoms with Crippen molar-refractivity contribution >= 4 is 59.2 Å². The number of rotatable bonds is 30. The van der Waals surface area contributed by atoms with Crippen LogP contribution in [-0.2, 0) is 49.6 Å². The minimum atomic E-state index is -1.63. The number of hydrogen-bond acceptors (Lipinski definition) is 12. The molecule has 1 rings (SSSR count). The Balaban J connectivity index is 3.52. The van der Waals surface area contributed by atoms with Crippen molar-refractivity contribution in [3.05, 3.63) is 35.9 Å². The zero-order valence-corrected chi connectivity index (χ0v) is 41.6. The van der Waals surface area contributed by atoms with Crippen LogP contribution in [-0.4, -0.2) is 137 Å². The number of guanidine groups is 1. The third-order valence-corrected chi connectivity index (χ3v) is 10.7. The number of nitrogens with two attached hydrogens (primary N) is 3. The molecule has 0 aliphatic heterocycles. The lowest BCUT2D eigenvalue weighted by Crippen LogP contribution is -2.62. The minimum Gasteiger partial charge on any atom is -0.480 e. The van der Waals surface area contributed by atoms with E-state index in [1.165, 1.54) is 13.8 Å². The van der Waals surface area contributed by atoms with Gasteiger partial charge >= 0.3 is 5.97 Å². The van der Waals surface area contributed by atoms with Gasteiger partial charge in [0, 0.05) is 13.0 Å². The number of aliphatic hydroxyl groups excluding tert-OH is 1. The Morgan fingerprint density at radius 1 is 0.551 bits per heavy atom. The molecule has 9 atom stereocenters. The van der Waals surface area contributed by atoms with Gasteiger partial charge in [-0.3, -0.25) is 43.3 Å². The maximum Gasteiger partial charge on any atom is 0.326 e. The molecular formula is C46H78N12O11. The zero-order chi connectivity index (χ0) is 52.7. The van der Waals surface area contributed by atoms with E-state index in [2.05, 4.69) is 47.5 Å². The average molecular weight is 975 g/mol. The Kier molecular flexibility index (Phi) is 26.5. The minimum absolute atomic E-state index is 0.0179. The number of aliphatic hydroxyl groups is 1. The number of aliphatic imine (C=N–C) groups is 1. The van der Waals surface area contributed by atoms with Crippen molar-refractivity contribution in [3.63, 3.8) is 0 Å². The number of carbonyl (C=O) groups is 9. The number of carbonyl (C=O) groups excluding carboxylic acids is 8. The molecule has 69 heavy (non-hydrogen) atoms. The van der Waals surface area contributed by atoms with E-state index in [9.17, 15) is 53.4 Å². The average Bonchev–Trinajstić information content (AvgIpc) is 3.25. The van der Waals surface area contributed by atoms with Crippen molar-refractivity contribution in [1.82, 2.24) is 42.5 Å². The molecule has 0 heterocycles. The van der Waals surface area contributed by atoms with Gasteiger partial charge < -0.3 is 69.9 Å². The summed E-state index contributed by atoms with van der Waals surface area (Å²) in [4.78, 5) is 124. The molecule has 8 amide bonds. The first-order chi connectivity index (χ1) is 32.2. The molecule has 0 aliphatic carbocycles. The molecule has 0 saturated carbocycles. The smallest absolute Gasteiger partial charge is 0.326 e. The summed E-state index contributed by atoms with van der Waals surface area (Å²) >= 11 is 0. The van der Waals surface area contributed by atoms with E-state index in [4.69, 9.17) is 17.2 Å². The number of carboxylic acids is 1. The SMILES string of the molecule is CC(C)C[C@H](NC(=O)CN)C(=O)N[C@@H](CC(C)C)C(=O)N[C@@H](CCCN=C(N)N)C(=O)N[C@@H](Cc1ccccc1)C(=O)N[C@H](C(=O)N[C@H](C(=O)N[C@@H](C)C(=O)N[C@H](C(=O)O)C(C)C)[C@@H](C)O)C(C)C. The third kappa shape index (κ3) is 22.5. The fraction of sp³-hybridized carbons (Fsp3) is 0.652. The highest BCUT2D eigenvalue weighted by Gasteiger charge is 2.36. The lowest BCUT2D eigenvalue weighted by atomic mass is 9.99. The van der Waals surface area contributed by atoms with E-state index in [1.807, 2.05) is 27.7 Å². The highest BCUT2D eigenvalue weighted by molar-refractivity contribution is 5.98. The first kappa shape index (κ1) is 60.7. The maximum atomic E-state index is 14.3. The second kappa shape index (κ2) is 30.2. The van der Waals surface area contributed by atoms with Gasteiger partial charge in [-0.2, -0.15) is 0 Å². The fourth-order valence-corrected chi connectivity index (χ4v) is 6.91. The van der Waals surface area contributed by atoms with Gasteiger partial charge in [0.25, 0.3) is 0 Å². The van der Waals surface area contributed by atoms with Crippen LogP contribution in [0.2, 0.25) is 0 Å². The molecular weight excluding hydrogens is 897 g/mol. The van der Waals surface area contributed by atoms with E-state index < -0.39 is 120 Å². The largest absolute Gasteiger partial charge is 0.480 e. The molecule has 388 valence electrons. The fourth-order valence-electron chi connectivity index (χ4n) is 6.91. The molecule has 23 heteroatoms. The van der Waals surface area contributed by atoms with E-state index >= 15 is 0 Å². The monoisotopic (exact) mass is 975 g/mol. The Morgan fingerprint density at radius 3 is 1.48 bits per heavy atom. The lowest BCUT2D eigenvalue weighted by Gasteiger charge is -2.30. The molecule has 23 nitrogen and oxygen atoms in total. The number of aliphatic carboxylic acids is 1. The zero-order valence-electron chi connectivity index (χ0n) is 41.6. The second-order valence-corrected chi connectivity index (χ2v) is 18.7. The van der Waals surface area contributed by atoms with Gasteiger partial charge in [-0.25, -0.2) is 4.79 Å². The number of carboxylic acid groups (broad SMARTS) is 1. The molecule has 0 unspecified atom stereocenters. The number of hydrogen-bond donors (Lipinski definition) is 13. The molecule has 0 radical (unpaired) electrons. The van der Waals surface area contributed by atoms with Gasteiger partial charge in [-0.1, -0.05) is 85.7 Å². The molecule has 0 fully saturated rings. The summed E-state index contributed by atoms with van der Waals surface area (Å²) in [7, 11) is 0. The Morgan fingerprint density at radius 2 is 1.00 bits per heavy atom. The summed E-state index contributed by atoms with van der Waals surface area (Å²) in [5.74, 6) is -8.95. The van der Waals surface area contributed by atoms with E-state index in [-0.39, 0.29) is 63.0 Å². The van der Waals surface area contributed by atoms with Gasteiger partial charge in [0.1, 0.15) is 48.3 Å². The van der Waals surface area contributed by atoms with E-state index in [0.29, 0.717) is 5.56 Å². The standard InChI is InChI=1S/C46H78N12O11/c1-23(2)19-31(52-34(60)22-47)40(63)54-32(20-24(3)4)41(64)53-30(17-14-18-50-46(48)49)39(62)55-33(21-29-15-12-11-13-16-29)42(65)56-35(25(5)6)43(66)58-37(28(10)59)44(67)51-27(9)38(61)57-36(26(7)8)45(68)69/h11-13,15-16,23-28,30-33,35-37,59H,14,17-22,47H2,1-10H3,(H,51,67)(H,52,60)(H,53,64)(H,54,63)(H,55,62)(H,56,65)(H,57,61)(H,58,66)(H,68,69)(H4,48,49,50)/t27-,28+,30-,31-,32-,33-,35-,36-,37-/m0/s1. The van der Waals surface area contributed by atoms with Crippen LogP contribution in [0.4, 0.5) is 0 Å². The van der Waals surface area contributed by atoms with Crippen molar-refractivity contribution in [2.24, 2.45) is 45.9 Å². The predicted octanol–water partition coefficient (Wildman–Crippen LogP) is -1.99. The molecule has 1 aromatic carbocycles. The number of benzene rings is 1. The van der Waals surface area contributed by atoms with E-state index in [0.717, 1.165) is 0 Å². The first-order valence-electron chi connectivity index (χ1n) is 23.3. The van der Waals surface area contributed by atoms with E-state index in [1.54, 1.807) is 58.0 Å². The van der Waals surface area contributed by atoms with Crippen LogP contribution in [0.3, 0.4) is 0 Å². The maximum absolute atomic E-state index is 14.3. The van der Waals surface area contributed by atoms with Crippen LogP contribution in [0, 0.1) is 23.7 Å². The van der Waals surface area contributed by atoms with Crippen LogP contribution in [0.5, 0.6) is 0 Å². The van der Waals surface area contributed by atoms with Crippen molar-refractivity contribution in [2.75, 3.05) is 13.1 Å². The molecule has 1 aromatic rings. The van der Waals surface area contributed by atoms with Gasteiger partial charge in [-0.15, -0.1) is 0 Å². The summed E-state index contributed by atoms with van der Waals surface area (Å²) in [5, 5.41) is 40.6. The van der Waals surface area contributed by atoms with Gasteiger partial charge in [-0.05, 0) is 68.8 Å². The Bertz CT molecular complexity index is 1910. The molecule has 0 saturated heterocycles. The highest BCUT2D eigenvalue weighted by Crippen LogP contribution is 2.13. The molecule has 16 N–H and O–H groups in total. The van der Waals surface area contributed by atoms with Crippen molar-refractivity contribution in [1.29, 1.82) is 0 Å². The van der Waals surface area contributed by atoms with Gasteiger partial charge in [0.05, 0.1) is 12.6 Å². The molecule has 0 spiro atoms. The lowest BCUT2D eigenvalue weighted by molar-refractivity contribution is -0.143. The van der Waals surface area contributed by atoms with Crippen molar-refractivity contribution in [3.8, 4) is 0 Å². The quantitative estimate of drug-likeness (QED) is 0.0226. The predicted molar refractivity (Wildman–Crippen MR) is 258 cm³/mol. The highest BCUT2D eigenvalue weighted by atomic mass is 16.4. The van der Waals surface area contributed by atoms with Crippen LogP contribution in [0.1, 0.15) is 100 Å². The normalized spacial score (nSPS) is 15.2. The summed E-state index contributed by atoms with van der Waals surface area (Å²) in [6.07, 6.45) is -1.04. The molecule has 0 aliphatic rings. The van der Waals surface area contributed by atoms with Gasteiger partial charge in [0.2, 0.25) is 47.3 Å². The summed E-state index contributed by atoms with van der Waals surface area (Å²) < 4.78 is 0. The number of nitrogens with zero attached hydrogens (tertiary/aromatic N) is 1.